The van der Waals surface area contributed by atoms with Gasteiger partial charge in [-0.1, -0.05) is 25.3 Å². The molecular formula is C7H18OP+. The Kier molecular flexibility index (Phi) is 10.7. The van der Waals surface area contributed by atoms with E-state index in [9.17, 15) is 4.57 Å². The van der Waals surface area contributed by atoms with Gasteiger partial charge in [0.15, 0.2) is 0 Å². The molecule has 1 atom stereocenters. The van der Waals surface area contributed by atoms with Gasteiger partial charge < -0.3 is 0 Å². The summed E-state index contributed by atoms with van der Waals surface area (Å²) < 4.78 is 10.5. The second kappa shape index (κ2) is 8.10. The van der Waals surface area contributed by atoms with Crippen LogP contribution in [0.4, 0.5) is 0 Å². The zero-order valence-corrected chi connectivity index (χ0v) is 6.58. The maximum absolute atomic E-state index is 10.5. The van der Waals surface area contributed by atoms with E-state index in [1.807, 2.05) is 0 Å². The van der Waals surface area contributed by atoms with Gasteiger partial charge in [-0.25, -0.2) is 0 Å². The van der Waals surface area contributed by atoms with Crippen molar-refractivity contribution < 1.29 is 4.57 Å². The molecule has 2 heteroatoms. The van der Waals surface area contributed by atoms with Crippen LogP contribution in [0, 0.1) is 0 Å². The first-order valence-electron chi connectivity index (χ1n) is 3.15. The molecule has 0 aromatic carbocycles. The lowest BCUT2D eigenvalue weighted by atomic mass is 10.3. The van der Waals surface area contributed by atoms with Crippen LogP contribution in [0.5, 0.6) is 0 Å². The molecule has 0 rings (SSSR count). The summed E-state index contributed by atoms with van der Waals surface area (Å²) >= 11 is 0. The smallest absolute Gasteiger partial charge is 0.0776 e. The van der Waals surface area contributed by atoms with E-state index in [1.54, 1.807) is 6.66 Å². The van der Waals surface area contributed by atoms with E-state index in [2.05, 4.69) is 6.92 Å². The summed E-state index contributed by atoms with van der Waals surface area (Å²) in [4.78, 5) is 0. The zero-order valence-electron chi connectivity index (χ0n) is 5.68. The van der Waals surface area contributed by atoms with Crippen LogP contribution in [0.2, 0.25) is 0 Å². The molecule has 0 saturated heterocycles. The fourth-order valence-corrected chi connectivity index (χ4v) is 1.25. The fourth-order valence-electron chi connectivity index (χ4n) is 0.584. The summed E-state index contributed by atoms with van der Waals surface area (Å²) in [6.45, 7) is 3.95. The highest BCUT2D eigenvalue weighted by Gasteiger charge is 2.01. The van der Waals surface area contributed by atoms with Gasteiger partial charge in [0.05, 0.1) is 0 Å². The van der Waals surface area contributed by atoms with Gasteiger partial charge in [-0.3, -0.25) is 0 Å². The van der Waals surface area contributed by atoms with E-state index in [1.165, 1.54) is 12.8 Å². The van der Waals surface area contributed by atoms with Gasteiger partial charge in [-0.05, 0) is 12.8 Å². The summed E-state index contributed by atoms with van der Waals surface area (Å²) in [6.07, 6.45) is 4.52. The first-order chi connectivity index (χ1) is 3.77. The molecule has 0 aliphatic heterocycles. The Bertz CT molecular complexity index is 71.3. The Morgan fingerprint density at radius 1 is 1.33 bits per heavy atom. The van der Waals surface area contributed by atoms with E-state index in [0.29, 0.717) is 0 Å². The van der Waals surface area contributed by atoms with Crippen LogP contribution < -0.4 is 0 Å². The van der Waals surface area contributed by atoms with E-state index < -0.39 is 7.80 Å². The largest absolute Gasteiger partial charge is 0.335 e. The molecular weight excluding hydrogens is 131 g/mol. The van der Waals surface area contributed by atoms with E-state index in [0.717, 1.165) is 12.6 Å². The molecule has 0 aliphatic rings. The van der Waals surface area contributed by atoms with Gasteiger partial charge >= 0.3 is 7.80 Å². The van der Waals surface area contributed by atoms with E-state index in [-0.39, 0.29) is 7.43 Å². The normalized spacial score (nSPS) is 10.2. The van der Waals surface area contributed by atoms with Crippen molar-refractivity contribution in [3.8, 4) is 0 Å². The minimum atomic E-state index is -0.862. The minimum Gasteiger partial charge on any atom is -0.0776 e. The Hall–Kier alpha value is 0.100. The van der Waals surface area contributed by atoms with Crippen LogP contribution >= 0.6 is 7.80 Å². The van der Waals surface area contributed by atoms with Crippen molar-refractivity contribution in [3.63, 3.8) is 0 Å². The Balaban J connectivity index is 0. The van der Waals surface area contributed by atoms with Crippen LogP contribution in [0.25, 0.3) is 0 Å². The van der Waals surface area contributed by atoms with Crippen LogP contribution in [0.1, 0.15) is 33.6 Å². The molecule has 9 heavy (non-hydrogen) atoms. The third kappa shape index (κ3) is 11.6. The van der Waals surface area contributed by atoms with Crippen molar-refractivity contribution in [1.82, 2.24) is 0 Å². The molecule has 0 N–H and O–H groups in total. The highest BCUT2D eigenvalue weighted by atomic mass is 31.1. The lowest BCUT2D eigenvalue weighted by Gasteiger charge is -1.84. The third-order valence-corrected chi connectivity index (χ3v) is 2.02. The first kappa shape index (κ1) is 11.8. The highest BCUT2D eigenvalue weighted by molar-refractivity contribution is 7.43. The van der Waals surface area contributed by atoms with Crippen molar-refractivity contribution in [3.05, 3.63) is 0 Å². The standard InChI is InChI=1S/C6H14OP.CH4/c1-3-4-5-6-8(2)7;/h3-6H2,1-2H3;1H4/q+1;. The summed E-state index contributed by atoms with van der Waals surface area (Å²) in [5.41, 5.74) is 0. The van der Waals surface area contributed by atoms with Crippen molar-refractivity contribution in [2.24, 2.45) is 0 Å². The topological polar surface area (TPSA) is 17.1 Å². The van der Waals surface area contributed by atoms with Crippen molar-refractivity contribution in [1.29, 1.82) is 0 Å². The van der Waals surface area contributed by atoms with Gasteiger partial charge in [0.1, 0.15) is 12.8 Å². The Morgan fingerprint density at radius 3 is 2.22 bits per heavy atom. The summed E-state index contributed by atoms with van der Waals surface area (Å²) in [5.74, 6) is 0. The van der Waals surface area contributed by atoms with Crippen molar-refractivity contribution in [2.75, 3.05) is 12.8 Å². The molecule has 0 amide bonds. The Morgan fingerprint density at radius 2 is 1.89 bits per heavy atom. The van der Waals surface area contributed by atoms with Crippen LogP contribution in [-0.2, 0) is 4.57 Å². The minimum absolute atomic E-state index is 0. The monoisotopic (exact) mass is 149 g/mol. The van der Waals surface area contributed by atoms with Crippen LogP contribution in [-0.4, -0.2) is 12.8 Å². The molecule has 0 aromatic rings. The van der Waals surface area contributed by atoms with Gasteiger partial charge in [-0.15, -0.1) is 0 Å². The summed E-state index contributed by atoms with van der Waals surface area (Å²) in [7, 11) is -0.862. The highest BCUT2D eigenvalue weighted by Crippen LogP contribution is 2.15. The van der Waals surface area contributed by atoms with E-state index in [4.69, 9.17) is 0 Å². The quantitative estimate of drug-likeness (QED) is 0.443. The maximum Gasteiger partial charge on any atom is 0.335 e. The average molecular weight is 149 g/mol. The first-order valence-corrected chi connectivity index (χ1v) is 5.05. The molecule has 0 radical (unpaired) electrons. The number of hydrogen-bond donors (Lipinski definition) is 0. The molecule has 1 unspecified atom stereocenters. The molecule has 1 nitrogen and oxygen atoms in total. The lowest BCUT2D eigenvalue weighted by Crippen LogP contribution is -1.76. The van der Waals surface area contributed by atoms with Crippen molar-refractivity contribution in [2.45, 2.75) is 33.6 Å². The number of hydrogen-bond acceptors (Lipinski definition) is 1. The summed E-state index contributed by atoms with van der Waals surface area (Å²) in [5, 5.41) is 0. The van der Waals surface area contributed by atoms with Gasteiger partial charge in [0, 0.05) is 0 Å². The second-order valence-corrected chi connectivity index (χ2v) is 3.76. The molecule has 0 fully saturated rings. The molecule has 0 heterocycles. The molecule has 0 saturated carbocycles. The van der Waals surface area contributed by atoms with Gasteiger partial charge in [0.25, 0.3) is 0 Å². The molecule has 0 spiro atoms. The molecule has 0 aliphatic carbocycles. The maximum atomic E-state index is 10.5. The Labute approximate surface area is 59.6 Å². The van der Waals surface area contributed by atoms with Crippen LogP contribution in [0.3, 0.4) is 0 Å². The number of unbranched alkanes of at least 4 members (excludes halogenated alkanes) is 2. The lowest BCUT2D eigenvalue weighted by molar-refractivity contribution is 0.588. The van der Waals surface area contributed by atoms with Crippen LogP contribution in [0.15, 0.2) is 0 Å². The molecule has 0 aromatic heterocycles. The predicted molar refractivity (Wildman–Crippen MR) is 44.7 cm³/mol. The van der Waals surface area contributed by atoms with Gasteiger partial charge in [-0.2, -0.15) is 0 Å². The average Bonchev–Trinajstić information content (AvgIpc) is 1.66. The fraction of sp³-hybridized carbons (Fsp3) is 1.00. The van der Waals surface area contributed by atoms with E-state index >= 15 is 0 Å². The SMILES string of the molecule is C.CCCCC[P+](C)=O. The van der Waals surface area contributed by atoms with Crippen molar-refractivity contribution >= 4 is 7.80 Å². The summed E-state index contributed by atoms with van der Waals surface area (Å²) in [6, 6.07) is 0. The third-order valence-electron chi connectivity index (χ3n) is 1.08. The number of rotatable bonds is 4. The van der Waals surface area contributed by atoms with Gasteiger partial charge in [0.2, 0.25) is 0 Å². The zero-order chi connectivity index (χ0) is 6.41. The predicted octanol–water partition coefficient (Wildman–Crippen LogP) is 3.27. The molecule has 0 bridgehead atoms. The molecule has 56 valence electrons. The second-order valence-electron chi connectivity index (χ2n) is 2.06.